The number of carbonyl (C=O) groups is 2. The Bertz CT molecular complexity index is 874. The van der Waals surface area contributed by atoms with Crippen LogP contribution in [-0.2, 0) is 22.6 Å². The molecular formula is C20H20N4O2. The summed E-state index contributed by atoms with van der Waals surface area (Å²) < 4.78 is 0. The molecule has 6 nitrogen and oxygen atoms in total. The maximum absolute atomic E-state index is 13.0. The van der Waals surface area contributed by atoms with Gasteiger partial charge >= 0.3 is 0 Å². The summed E-state index contributed by atoms with van der Waals surface area (Å²) in [5, 5.41) is 9.78. The highest BCUT2D eigenvalue weighted by Gasteiger charge is 2.54. The van der Waals surface area contributed by atoms with E-state index in [4.69, 9.17) is 0 Å². The lowest BCUT2D eigenvalue weighted by atomic mass is 10.1. The molecular weight excluding hydrogens is 328 g/mol. The van der Waals surface area contributed by atoms with Crippen LogP contribution in [-0.4, -0.2) is 28.9 Å². The number of hydrogen-bond donors (Lipinski definition) is 0. The van der Waals surface area contributed by atoms with E-state index in [2.05, 4.69) is 17.3 Å². The molecule has 6 heteroatoms. The van der Waals surface area contributed by atoms with Crippen molar-refractivity contribution >= 4 is 17.5 Å². The maximum Gasteiger partial charge on any atom is 0.263 e. The standard InChI is InChI=1S/C20H20N4O2/c1-3-14-8-10-16(11-9-14)24-19(25)17-18(20(24)26)23(22-21-17)12-15-6-4-13(2)5-7-15/h4-11,17-18H,3,12H2,1-2H3/t17-,18-/m0/s1. The summed E-state index contributed by atoms with van der Waals surface area (Å²) in [5.41, 5.74) is 3.95. The Labute approximate surface area is 152 Å². The average molecular weight is 348 g/mol. The number of hydrogen-bond acceptors (Lipinski definition) is 5. The lowest BCUT2D eigenvalue weighted by Crippen LogP contribution is -2.39. The first-order valence-electron chi connectivity index (χ1n) is 8.78. The van der Waals surface area contributed by atoms with Crippen LogP contribution in [0.2, 0.25) is 0 Å². The van der Waals surface area contributed by atoms with Crippen LogP contribution in [0.5, 0.6) is 0 Å². The number of rotatable bonds is 4. The number of fused-ring (bicyclic) bond motifs is 1. The third-order valence-electron chi connectivity index (χ3n) is 4.93. The van der Waals surface area contributed by atoms with Crippen LogP contribution in [0.3, 0.4) is 0 Å². The molecule has 0 bridgehead atoms. The Balaban J connectivity index is 1.57. The largest absolute Gasteiger partial charge is 0.271 e. The predicted octanol–water partition coefficient (Wildman–Crippen LogP) is 3.05. The molecule has 0 unspecified atom stereocenters. The first-order valence-corrected chi connectivity index (χ1v) is 8.78. The highest BCUT2D eigenvalue weighted by molar-refractivity contribution is 6.25. The highest BCUT2D eigenvalue weighted by atomic mass is 16.2. The fourth-order valence-corrected chi connectivity index (χ4v) is 3.37. The van der Waals surface area contributed by atoms with Gasteiger partial charge in [-0.3, -0.25) is 14.6 Å². The highest BCUT2D eigenvalue weighted by Crippen LogP contribution is 2.32. The maximum atomic E-state index is 13.0. The number of nitrogens with zero attached hydrogens (tertiary/aromatic N) is 4. The Hall–Kier alpha value is -3.02. The number of imide groups is 1. The summed E-state index contributed by atoms with van der Waals surface area (Å²) in [4.78, 5) is 26.9. The Morgan fingerprint density at radius 3 is 2.23 bits per heavy atom. The molecule has 0 aromatic heterocycles. The SMILES string of the molecule is CCc1ccc(N2C(=O)[C@H]3N=NN(Cc4ccc(C)cc4)[C@@H]3C2=O)cc1. The average Bonchev–Trinajstić information content (AvgIpc) is 3.17. The lowest BCUT2D eigenvalue weighted by Gasteiger charge is -2.20. The van der Waals surface area contributed by atoms with Crippen LogP contribution < -0.4 is 4.90 Å². The molecule has 2 aliphatic rings. The van der Waals surface area contributed by atoms with Gasteiger partial charge in [-0.1, -0.05) is 54.1 Å². The summed E-state index contributed by atoms with van der Waals surface area (Å²) in [7, 11) is 0. The molecule has 1 saturated heterocycles. The molecule has 2 heterocycles. The van der Waals surface area contributed by atoms with Gasteiger partial charge in [0, 0.05) is 0 Å². The van der Waals surface area contributed by atoms with E-state index in [9.17, 15) is 9.59 Å². The molecule has 0 spiro atoms. The molecule has 0 saturated carbocycles. The monoisotopic (exact) mass is 348 g/mol. The van der Waals surface area contributed by atoms with E-state index in [1.807, 2.05) is 55.5 Å². The number of anilines is 1. The molecule has 2 amide bonds. The first kappa shape index (κ1) is 16.4. The van der Waals surface area contributed by atoms with E-state index in [0.29, 0.717) is 12.2 Å². The third-order valence-corrected chi connectivity index (χ3v) is 4.93. The summed E-state index contributed by atoms with van der Waals surface area (Å²) in [5.74, 6) is -0.569. The molecule has 2 aromatic carbocycles. The second-order valence-electron chi connectivity index (χ2n) is 6.71. The second kappa shape index (κ2) is 6.37. The van der Waals surface area contributed by atoms with E-state index < -0.39 is 12.1 Å². The minimum Gasteiger partial charge on any atom is -0.271 e. The third kappa shape index (κ3) is 2.67. The van der Waals surface area contributed by atoms with Crippen LogP contribution in [0.15, 0.2) is 58.9 Å². The Kier molecular flexibility index (Phi) is 4.03. The zero-order valence-electron chi connectivity index (χ0n) is 14.8. The Morgan fingerprint density at radius 2 is 1.58 bits per heavy atom. The van der Waals surface area contributed by atoms with Crippen LogP contribution in [0, 0.1) is 6.92 Å². The van der Waals surface area contributed by atoms with Gasteiger partial charge in [-0.05, 0) is 36.6 Å². The van der Waals surface area contributed by atoms with Gasteiger partial charge in [0.05, 0.1) is 12.2 Å². The van der Waals surface area contributed by atoms with Crippen molar-refractivity contribution in [2.24, 2.45) is 10.3 Å². The normalized spacial score (nSPS) is 21.6. The van der Waals surface area contributed by atoms with Crippen molar-refractivity contribution in [3.05, 3.63) is 65.2 Å². The van der Waals surface area contributed by atoms with Crippen molar-refractivity contribution in [1.82, 2.24) is 5.01 Å². The fraction of sp³-hybridized carbons (Fsp3) is 0.300. The van der Waals surface area contributed by atoms with E-state index in [-0.39, 0.29) is 11.8 Å². The van der Waals surface area contributed by atoms with E-state index >= 15 is 0 Å². The predicted molar refractivity (Wildman–Crippen MR) is 97.5 cm³/mol. The van der Waals surface area contributed by atoms with Gasteiger partial charge in [0.2, 0.25) is 0 Å². The smallest absolute Gasteiger partial charge is 0.263 e. The molecule has 2 aromatic rings. The van der Waals surface area contributed by atoms with Crippen molar-refractivity contribution in [1.29, 1.82) is 0 Å². The number of aryl methyl sites for hydroxylation is 2. The fourth-order valence-electron chi connectivity index (χ4n) is 3.37. The first-order chi connectivity index (χ1) is 12.6. The van der Waals surface area contributed by atoms with Gasteiger partial charge in [-0.25, -0.2) is 4.90 Å². The van der Waals surface area contributed by atoms with Crippen LogP contribution in [0.4, 0.5) is 5.69 Å². The summed E-state index contributed by atoms with van der Waals surface area (Å²) in [6.07, 6.45) is 0.909. The molecule has 2 atom stereocenters. The van der Waals surface area contributed by atoms with Gasteiger partial charge in [0.15, 0.2) is 12.1 Å². The van der Waals surface area contributed by atoms with E-state index in [1.54, 1.807) is 5.01 Å². The molecule has 0 aliphatic carbocycles. The topological polar surface area (TPSA) is 65.3 Å². The van der Waals surface area contributed by atoms with E-state index in [0.717, 1.165) is 17.5 Å². The van der Waals surface area contributed by atoms with Crippen LogP contribution in [0.1, 0.15) is 23.6 Å². The second-order valence-corrected chi connectivity index (χ2v) is 6.71. The molecule has 4 rings (SSSR count). The summed E-state index contributed by atoms with van der Waals surface area (Å²) in [6, 6.07) is 14.1. The van der Waals surface area contributed by atoms with Crippen molar-refractivity contribution in [3.8, 4) is 0 Å². The lowest BCUT2D eigenvalue weighted by molar-refractivity contribution is -0.123. The van der Waals surface area contributed by atoms with Crippen molar-refractivity contribution in [3.63, 3.8) is 0 Å². The van der Waals surface area contributed by atoms with Gasteiger partial charge in [-0.2, -0.15) is 5.11 Å². The van der Waals surface area contributed by atoms with Crippen molar-refractivity contribution in [2.45, 2.75) is 38.9 Å². The zero-order valence-corrected chi connectivity index (χ0v) is 14.8. The van der Waals surface area contributed by atoms with Gasteiger partial charge in [0.1, 0.15) is 0 Å². The molecule has 26 heavy (non-hydrogen) atoms. The number of carbonyl (C=O) groups excluding carboxylic acids is 2. The minimum absolute atomic E-state index is 0.263. The molecule has 0 radical (unpaired) electrons. The van der Waals surface area contributed by atoms with Gasteiger partial charge in [0.25, 0.3) is 11.8 Å². The van der Waals surface area contributed by atoms with Gasteiger partial charge in [-0.15, -0.1) is 0 Å². The number of amides is 2. The quantitative estimate of drug-likeness (QED) is 0.798. The van der Waals surface area contributed by atoms with Crippen molar-refractivity contribution in [2.75, 3.05) is 4.90 Å². The van der Waals surface area contributed by atoms with E-state index in [1.165, 1.54) is 10.5 Å². The molecule has 132 valence electrons. The molecule has 1 fully saturated rings. The number of benzene rings is 2. The summed E-state index contributed by atoms with van der Waals surface area (Å²) >= 11 is 0. The van der Waals surface area contributed by atoms with Crippen LogP contribution in [0.25, 0.3) is 0 Å². The zero-order chi connectivity index (χ0) is 18.3. The molecule has 2 aliphatic heterocycles. The van der Waals surface area contributed by atoms with Gasteiger partial charge < -0.3 is 0 Å². The Morgan fingerprint density at radius 1 is 0.923 bits per heavy atom. The van der Waals surface area contributed by atoms with Crippen LogP contribution >= 0.6 is 0 Å². The minimum atomic E-state index is -0.751. The summed E-state index contributed by atoms with van der Waals surface area (Å²) in [6.45, 7) is 4.54. The van der Waals surface area contributed by atoms with Crippen molar-refractivity contribution < 1.29 is 9.59 Å². The molecule has 0 N–H and O–H groups in total.